The average Bonchev–Trinajstić information content (AvgIpc) is 2.55. The van der Waals surface area contributed by atoms with Crippen LogP contribution in [-0.2, 0) is 6.42 Å². The molecular weight excluding hydrogens is 192 g/mol. The summed E-state index contributed by atoms with van der Waals surface area (Å²) in [6, 6.07) is 1.71. The molecule has 2 aromatic rings. The lowest BCUT2D eigenvalue weighted by Crippen LogP contribution is -2.19. The predicted molar refractivity (Wildman–Crippen MR) is 56.1 cm³/mol. The van der Waals surface area contributed by atoms with Gasteiger partial charge >= 0.3 is 0 Å². The molecule has 5 heteroatoms. The first-order valence-corrected chi connectivity index (χ1v) is 4.82. The Kier molecular flexibility index (Phi) is 2.37. The largest absolute Gasteiger partial charge is 0.292 e. The predicted octanol–water partition coefficient (Wildman–Crippen LogP) is 0.826. The molecule has 0 saturated heterocycles. The number of aryl methyl sites for hydroxylation is 1. The Hall–Kier alpha value is -1.91. The fourth-order valence-electron chi connectivity index (χ4n) is 1.55. The van der Waals surface area contributed by atoms with Gasteiger partial charge in [0.05, 0.1) is 0 Å². The molecule has 5 nitrogen and oxygen atoms in total. The molecule has 0 fully saturated rings. The molecule has 0 aromatic carbocycles. The second kappa shape index (κ2) is 3.68. The molecule has 0 radical (unpaired) electrons. The first kappa shape index (κ1) is 9.64. The minimum atomic E-state index is -0.0683. The smallest absolute Gasteiger partial charge is 0.277 e. The summed E-state index contributed by atoms with van der Waals surface area (Å²) in [6.45, 7) is 3.83. The highest BCUT2D eigenvalue weighted by Crippen LogP contribution is 2.02. The van der Waals surface area contributed by atoms with E-state index in [1.165, 1.54) is 4.68 Å². The summed E-state index contributed by atoms with van der Waals surface area (Å²) in [7, 11) is 0. The molecule has 0 atom stereocenters. The number of nitrogens with zero attached hydrogens (tertiary/aromatic N) is 3. The minimum Gasteiger partial charge on any atom is -0.292 e. The maximum absolute atomic E-state index is 11.9. The van der Waals surface area contributed by atoms with Gasteiger partial charge in [-0.1, -0.05) is 6.92 Å². The van der Waals surface area contributed by atoms with Gasteiger partial charge in [-0.05, 0) is 19.4 Å². The summed E-state index contributed by atoms with van der Waals surface area (Å²) in [4.78, 5) is 19.9. The summed E-state index contributed by atoms with van der Waals surface area (Å²) in [5, 5.41) is 2.96. The number of aromatic nitrogens is 4. The van der Waals surface area contributed by atoms with E-state index < -0.39 is 0 Å². The average molecular weight is 204 g/mol. The Bertz CT molecular complexity index is 512. The van der Waals surface area contributed by atoms with Crippen molar-refractivity contribution in [2.24, 2.45) is 0 Å². The zero-order valence-electron chi connectivity index (χ0n) is 8.69. The first-order valence-electron chi connectivity index (χ1n) is 4.82. The molecule has 2 rings (SSSR count). The molecule has 0 unspecified atom stereocenters. The third-order valence-electron chi connectivity index (χ3n) is 2.30. The molecule has 0 spiro atoms. The zero-order valence-corrected chi connectivity index (χ0v) is 8.69. The monoisotopic (exact) mass is 204 g/mol. The normalized spacial score (nSPS) is 10.5. The third kappa shape index (κ3) is 1.56. The van der Waals surface area contributed by atoms with Crippen molar-refractivity contribution < 1.29 is 0 Å². The van der Waals surface area contributed by atoms with Crippen molar-refractivity contribution in [3.05, 3.63) is 40.1 Å². The van der Waals surface area contributed by atoms with Crippen LogP contribution in [0.15, 0.2) is 23.3 Å². The quantitative estimate of drug-likeness (QED) is 0.787. The van der Waals surface area contributed by atoms with Crippen LogP contribution in [0.5, 0.6) is 0 Å². The topological polar surface area (TPSA) is 63.6 Å². The lowest BCUT2D eigenvalue weighted by Gasteiger charge is -1.96. The molecule has 0 aliphatic rings. The van der Waals surface area contributed by atoms with Gasteiger partial charge in [0.25, 0.3) is 11.5 Å². The number of nitrogens with one attached hydrogen (secondary N) is 1. The summed E-state index contributed by atoms with van der Waals surface area (Å²) >= 11 is 0. The van der Waals surface area contributed by atoms with Gasteiger partial charge in [0.2, 0.25) is 0 Å². The fourth-order valence-corrected chi connectivity index (χ4v) is 1.55. The van der Waals surface area contributed by atoms with Crippen molar-refractivity contribution in [2.45, 2.75) is 20.3 Å². The Morgan fingerprint density at radius 3 is 2.60 bits per heavy atom. The van der Waals surface area contributed by atoms with Crippen LogP contribution in [0, 0.1) is 6.92 Å². The molecule has 0 aliphatic heterocycles. The second-order valence-electron chi connectivity index (χ2n) is 3.26. The van der Waals surface area contributed by atoms with E-state index in [-0.39, 0.29) is 5.56 Å². The molecule has 0 amide bonds. The number of hydrogen-bond donors (Lipinski definition) is 1. The van der Waals surface area contributed by atoms with Gasteiger partial charge in [0.1, 0.15) is 0 Å². The summed E-state index contributed by atoms with van der Waals surface area (Å²) in [5.74, 6) is 0.380. The number of H-pyrrole nitrogens is 1. The van der Waals surface area contributed by atoms with Gasteiger partial charge in [-0.25, -0.2) is 9.97 Å². The van der Waals surface area contributed by atoms with Crippen molar-refractivity contribution in [1.29, 1.82) is 0 Å². The van der Waals surface area contributed by atoms with Crippen molar-refractivity contribution >= 4 is 0 Å². The van der Waals surface area contributed by atoms with Gasteiger partial charge in [-0.15, -0.1) is 0 Å². The van der Waals surface area contributed by atoms with Crippen molar-refractivity contribution in [1.82, 2.24) is 19.7 Å². The van der Waals surface area contributed by atoms with Crippen molar-refractivity contribution in [3.8, 4) is 5.95 Å². The van der Waals surface area contributed by atoms with Crippen molar-refractivity contribution in [3.63, 3.8) is 0 Å². The van der Waals surface area contributed by atoms with Gasteiger partial charge in [0.15, 0.2) is 0 Å². The number of rotatable bonds is 2. The minimum absolute atomic E-state index is 0.0683. The van der Waals surface area contributed by atoms with E-state index in [0.29, 0.717) is 12.4 Å². The first-order chi connectivity index (χ1) is 7.24. The van der Waals surface area contributed by atoms with Crippen LogP contribution < -0.4 is 5.56 Å². The van der Waals surface area contributed by atoms with Crippen LogP contribution in [0.1, 0.15) is 18.2 Å². The molecule has 0 bridgehead atoms. The van der Waals surface area contributed by atoms with E-state index in [0.717, 1.165) is 11.3 Å². The lowest BCUT2D eigenvalue weighted by molar-refractivity contribution is 0.773. The lowest BCUT2D eigenvalue weighted by atomic mass is 10.2. The maximum Gasteiger partial charge on any atom is 0.277 e. The van der Waals surface area contributed by atoms with E-state index >= 15 is 0 Å². The highest BCUT2D eigenvalue weighted by Gasteiger charge is 2.11. The Morgan fingerprint density at radius 2 is 2.07 bits per heavy atom. The summed E-state index contributed by atoms with van der Waals surface area (Å²) in [6.07, 6.45) is 3.92. The van der Waals surface area contributed by atoms with Crippen LogP contribution in [0.4, 0.5) is 0 Å². The second-order valence-corrected chi connectivity index (χ2v) is 3.26. The highest BCUT2D eigenvalue weighted by atomic mass is 16.1. The van der Waals surface area contributed by atoms with Gasteiger partial charge in [-0.2, -0.15) is 4.68 Å². The SMILES string of the molecule is CCc1c(C)[nH]n(-c2ncccn2)c1=O. The molecule has 78 valence electrons. The zero-order chi connectivity index (χ0) is 10.8. The third-order valence-corrected chi connectivity index (χ3v) is 2.30. The van der Waals surface area contributed by atoms with Gasteiger partial charge in [-0.3, -0.25) is 9.89 Å². The molecule has 0 saturated carbocycles. The van der Waals surface area contributed by atoms with Crippen LogP contribution in [0.3, 0.4) is 0 Å². The van der Waals surface area contributed by atoms with E-state index in [9.17, 15) is 4.79 Å². The number of aromatic amines is 1. The van der Waals surface area contributed by atoms with Crippen LogP contribution in [-0.4, -0.2) is 19.7 Å². The molecule has 0 aliphatic carbocycles. The van der Waals surface area contributed by atoms with Crippen LogP contribution in [0.2, 0.25) is 0 Å². The molecule has 15 heavy (non-hydrogen) atoms. The van der Waals surface area contributed by atoms with Gasteiger partial charge in [0, 0.05) is 23.7 Å². The van der Waals surface area contributed by atoms with Crippen LogP contribution in [0.25, 0.3) is 5.95 Å². The van der Waals surface area contributed by atoms with Gasteiger partial charge < -0.3 is 0 Å². The van der Waals surface area contributed by atoms with E-state index in [2.05, 4.69) is 15.1 Å². The number of hydrogen-bond acceptors (Lipinski definition) is 3. The van der Waals surface area contributed by atoms with E-state index in [1.54, 1.807) is 18.5 Å². The maximum atomic E-state index is 11.9. The highest BCUT2D eigenvalue weighted by molar-refractivity contribution is 5.20. The molecule has 2 heterocycles. The molecule has 2 aromatic heterocycles. The van der Waals surface area contributed by atoms with E-state index in [1.807, 2.05) is 13.8 Å². The van der Waals surface area contributed by atoms with Crippen LogP contribution >= 0.6 is 0 Å². The molecule has 1 N–H and O–H groups in total. The Balaban J connectivity index is 2.61. The Labute approximate surface area is 86.8 Å². The fraction of sp³-hybridized carbons (Fsp3) is 0.300. The standard InChI is InChI=1S/C10H12N4O/c1-3-8-7(2)13-14(9(8)15)10-11-5-4-6-12-10/h4-6,13H,3H2,1-2H3. The summed E-state index contributed by atoms with van der Waals surface area (Å²) < 4.78 is 1.37. The molecular formula is C10H12N4O. The Morgan fingerprint density at radius 1 is 1.40 bits per heavy atom. The van der Waals surface area contributed by atoms with Crippen molar-refractivity contribution in [2.75, 3.05) is 0 Å². The van der Waals surface area contributed by atoms with E-state index in [4.69, 9.17) is 0 Å². The summed E-state index contributed by atoms with van der Waals surface area (Å²) in [5.41, 5.74) is 1.58.